The van der Waals surface area contributed by atoms with Gasteiger partial charge in [-0.1, -0.05) is 0 Å². The number of carbonyl (C=O) groups excluding carboxylic acids is 2. The predicted molar refractivity (Wildman–Crippen MR) is 111 cm³/mol. The summed E-state index contributed by atoms with van der Waals surface area (Å²) in [4.78, 5) is 25.2. The van der Waals surface area contributed by atoms with Crippen LogP contribution in [0.1, 0.15) is 17.3 Å². The number of carbonyl (C=O) groups is 2. The molecule has 0 fully saturated rings. The Hall–Kier alpha value is -3.62. The summed E-state index contributed by atoms with van der Waals surface area (Å²) in [5.41, 5.74) is 0.734. The van der Waals surface area contributed by atoms with E-state index >= 15 is 0 Å². The minimum absolute atomic E-state index is 0.257. The van der Waals surface area contributed by atoms with E-state index in [-0.39, 0.29) is 5.56 Å². The lowest BCUT2D eigenvalue weighted by molar-refractivity contribution is -0.117. The number of benzene rings is 2. The molecular formula is C21H26N2O7. The first-order valence-corrected chi connectivity index (χ1v) is 9.01. The Bertz CT molecular complexity index is 867. The van der Waals surface area contributed by atoms with Crippen LogP contribution in [0.25, 0.3) is 0 Å². The van der Waals surface area contributed by atoms with Crippen LogP contribution in [-0.4, -0.2) is 53.4 Å². The number of methoxy groups -OCH3 is 5. The van der Waals surface area contributed by atoms with Crippen LogP contribution in [0.3, 0.4) is 0 Å². The summed E-state index contributed by atoms with van der Waals surface area (Å²) < 4.78 is 26.1. The molecule has 9 nitrogen and oxygen atoms in total. The standard InChI is InChI=1S/C21H26N2O7/c1-12(20(24)23-14-9-15(26-2)11-16(10-14)27-3)22-21(25)13-7-17(28-4)19(30-6)18(8-13)29-5/h7-12H,1-6H3,(H,22,25)(H,23,24)/t12-/m0/s1. The molecule has 1 atom stereocenters. The molecule has 2 amide bonds. The highest BCUT2D eigenvalue weighted by atomic mass is 16.5. The van der Waals surface area contributed by atoms with Crippen molar-refractivity contribution in [3.63, 3.8) is 0 Å². The average Bonchev–Trinajstić information content (AvgIpc) is 2.77. The molecule has 0 aliphatic rings. The van der Waals surface area contributed by atoms with Gasteiger partial charge in [-0.15, -0.1) is 0 Å². The van der Waals surface area contributed by atoms with Gasteiger partial charge < -0.3 is 34.3 Å². The van der Waals surface area contributed by atoms with Gasteiger partial charge in [0.1, 0.15) is 17.5 Å². The van der Waals surface area contributed by atoms with Gasteiger partial charge in [0.05, 0.1) is 35.5 Å². The van der Waals surface area contributed by atoms with Gasteiger partial charge in [0.2, 0.25) is 11.7 Å². The van der Waals surface area contributed by atoms with Crippen LogP contribution < -0.4 is 34.3 Å². The summed E-state index contributed by atoms with van der Waals surface area (Å²) in [6, 6.07) is 7.17. The second-order valence-corrected chi connectivity index (χ2v) is 6.20. The number of amides is 2. The number of rotatable bonds is 9. The van der Waals surface area contributed by atoms with E-state index in [1.165, 1.54) is 47.7 Å². The van der Waals surface area contributed by atoms with Gasteiger partial charge in [-0.3, -0.25) is 9.59 Å². The van der Waals surface area contributed by atoms with Crippen molar-refractivity contribution < 1.29 is 33.3 Å². The van der Waals surface area contributed by atoms with Gasteiger partial charge in [-0.05, 0) is 19.1 Å². The Balaban J connectivity index is 2.15. The maximum Gasteiger partial charge on any atom is 0.252 e. The van der Waals surface area contributed by atoms with Crippen LogP contribution in [0.15, 0.2) is 30.3 Å². The highest BCUT2D eigenvalue weighted by Gasteiger charge is 2.21. The molecule has 0 heterocycles. The molecule has 2 rings (SSSR count). The smallest absolute Gasteiger partial charge is 0.252 e. The fraction of sp³-hybridized carbons (Fsp3) is 0.333. The minimum atomic E-state index is -0.825. The van der Waals surface area contributed by atoms with Crippen LogP contribution >= 0.6 is 0 Å². The molecule has 0 aliphatic carbocycles. The topological polar surface area (TPSA) is 104 Å². The molecule has 2 aromatic rings. The highest BCUT2D eigenvalue weighted by molar-refractivity contribution is 6.01. The molecule has 0 saturated carbocycles. The van der Waals surface area contributed by atoms with E-state index in [4.69, 9.17) is 23.7 Å². The highest BCUT2D eigenvalue weighted by Crippen LogP contribution is 2.38. The number of nitrogens with one attached hydrogen (secondary N) is 2. The quantitative estimate of drug-likeness (QED) is 0.645. The Morgan fingerprint density at radius 3 is 1.73 bits per heavy atom. The van der Waals surface area contributed by atoms with Gasteiger partial charge in [-0.25, -0.2) is 0 Å². The van der Waals surface area contributed by atoms with E-state index in [1.807, 2.05) is 0 Å². The SMILES string of the molecule is COc1cc(NC(=O)[C@H](C)NC(=O)c2cc(OC)c(OC)c(OC)c2)cc(OC)c1. The number of ether oxygens (including phenoxy) is 5. The largest absolute Gasteiger partial charge is 0.497 e. The van der Waals surface area contributed by atoms with Gasteiger partial charge in [0, 0.05) is 29.4 Å². The third-order valence-electron chi connectivity index (χ3n) is 4.29. The second kappa shape index (κ2) is 10.2. The lowest BCUT2D eigenvalue weighted by Crippen LogP contribution is -2.41. The predicted octanol–water partition coefficient (Wildman–Crippen LogP) is 2.49. The third-order valence-corrected chi connectivity index (χ3v) is 4.29. The first-order valence-electron chi connectivity index (χ1n) is 9.01. The number of anilines is 1. The van der Waals surface area contributed by atoms with Gasteiger partial charge in [-0.2, -0.15) is 0 Å². The van der Waals surface area contributed by atoms with Gasteiger partial charge in [0.15, 0.2) is 11.5 Å². The van der Waals surface area contributed by atoms with Crippen LogP contribution in [0, 0.1) is 0 Å². The lowest BCUT2D eigenvalue weighted by atomic mass is 10.1. The molecule has 0 radical (unpaired) electrons. The zero-order chi connectivity index (χ0) is 22.3. The molecule has 2 aromatic carbocycles. The van der Waals surface area contributed by atoms with Gasteiger partial charge >= 0.3 is 0 Å². The van der Waals surface area contributed by atoms with Crippen molar-refractivity contribution in [3.8, 4) is 28.7 Å². The van der Waals surface area contributed by atoms with Crippen LogP contribution in [0.4, 0.5) is 5.69 Å². The lowest BCUT2D eigenvalue weighted by Gasteiger charge is -2.17. The second-order valence-electron chi connectivity index (χ2n) is 6.20. The van der Waals surface area contributed by atoms with E-state index in [1.54, 1.807) is 25.1 Å². The van der Waals surface area contributed by atoms with Crippen molar-refractivity contribution in [2.45, 2.75) is 13.0 Å². The summed E-state index contributed by atoms with van der Waals surface area (Å²) in [5.74, 6) is 1.21. The fourth-order valence-electron chi connectivity index (χ4n) is 2.69. The van der Waals surface area contributed by atoms with Crippen molar-refractivity contribution >= 4 is 17.5 Å². The average molecular weight is 418 g/mol. The van der Waals surface area contributed by atoms with E-state index in [0.29, 0.717) is 34.4 Å². The molecular weight excluding hydrogens is 392 g/mol. The van der Waals surface area contributed by atoms with Crippen molar-refractivity contribution in [3.05, 3.63) is 35.9 Å². The molecule has 0 aliphatic heterocycles. The van der Waals surface area contributed by atoms with E-state index < -0.39 is 17.9 Å². The molecule has 162 valence electrons. The third kappa shape index (κ3) is 5.25. The normalized spacial score (nSPS) is 11.1. The molecule has 0 bridgehead atoms. The zero-order valence-corrected chi connectivity index (χ0v) is 17.8. The zero-order valence-electron chi connectivity index (χ0n) is 17.8. The van der Waals surface area contributed by atoms with E-state index in [0.717, 1.165) is 0 Å². The summed E-state index contributed by atoms with van der Waals surface area (Å²) >= 11 is 0. The summed E-state index contributed by atoms with van der Waals surface area (Å²) in [5, 5.41) is 5.38. The van der Waals surface area contributed by atoms with Crippen LogP contribution in [-0.2, 0) is 4.79 Å². The van der Waals surface area contributed by atoms with Crippen molar-refractivity contribution in [2.24, 2.45) is 0 Å². The van der Waals surface area contributed by atoms with Crippen LogP contribution in [0.2, 0.25) is 0 Å². The molecule has 0 spiro atoms. The van der Waals surface area contributed by atoms with Crippen LogP contribution in [0.5, 0.6) is 28.7 Å². The maximum atomic E-state index is 12.7. The fourth-order valence-corrected chi connectivity index (χ4v) is 2.69. The number of hydrogen-bond acceptors (Lipinski definition) is 7. The molecule has 9 heteroatoms. The summed E-state index contributed by atoms with van der Waals surface area (Å²) in [6.45, 7) is 1.57. The minimum Gasteiger partial charge on any atom is -0.497 e. The first kappa shape index (κ1) is 22.7. The van der Waals surface area contributed by atoms with E-state index in [2.05, 4.69) is 10.6 Å². The monoisotopic (exact) mass is 418 g/mol. The Labute approximate surface area is 175 Å². The molecule has 30 heavy (non-hydrogen) atoms. The molecule has 2 N–H and O–H groups in total. The number of hydrogen-bond donors (Lipinski definition) is 2. The van der Waals surface area contributed by atoms with Crippen molar-refractivity contribution in [1.29, 1.82) is 0 Å². The Kier molecular flexibility index (Phi) is 7.74. The molecule has 0 aromatic heterocycles. The first-order chi connectivity index (χ1) is 14.4. The summed E-state index contributed by atoms with van der Waals surface area (Å²) in [6.07, 6.45) is 0. The van der Waals surface area contributed by atoms with Gasteiger partial charge in [0.25, 0.3) is 5.91 Å². The Morgan fingerprint density at radius 1 is 0.767 bits per heavy atom. The van der Waals surface area contributed by atoms with Crippen molar-refractivity contribution in [2.75, 3.05) is 40.9 Å². The summed E-state index contributed by atoms with van der Waals surface area (Å²) in [7, 11) is 7.41. The molecule has 0 saturated heterocycles. The van der Waals surface area contributed by atoms with E-state index in [9.17, 15) is 9.59 Å². The molecule has 0 unspecified atom stereocenters. The van der Waals surface area contributed by atoms with Crippen molar-refractivity contribution in [1.82, 2.24) is 5.32 Å². The Morgan fingerprint density at radius 2 is 1.30 bits per heavy atom. The maximum absolute atomic E-state index is 12.7.